The third-order valence-corrected chi connectivity index (χ3v) is 5.29. The van der Waals surface area contributed by atoms with E-state index >= 15 is 0 Å². The average Bonchev–Trinajstić information content (AvgIpc) is 3.22. The lowest BCUT2D eigenvalue weighted by molar-refractivity contribution is 0.240. The van der Waals surface area contributed by atoms with Gasteiger partial charge in [-0.25, -0.2) is 0 Å². The van der Waals surface area contributed by atoms with Crippen LogP contribution in [0.2, 0.25) is 0 Å². The van der Waals surface area contributed by atoms with E-state index in [0.717, 1.165) is 42.8 Å². The molecular weight excluding hydrogens is 364 g/mol. The van der Waals surface area contributed by atoms with Gasteiger partial charge in [0.25, 0.3) is 5.89 Å². The van der Waals surface area contributed by atoms with Gasteiger partial charge in [-0.05, 0) is 30.7 Å². The first-order valence-electron chi connectivity index (χ1n) is 9.82. The summed E-state index contributed by atoms with van der Waals surface area (Å²) in [5, 5.41) is 5.36. The number of pyridine rings is 2. The summed E-state index contributed by atoms with van der Waals surface area (Å²) in [5.41, 5.74) is 4.22. The van der Waals surface area contributed by atoms with Gasteiger partial charge in [0, 0.05) is 55.8 Å². The van der Waals surface area contributed by atoms with Crippen LogP contribution >= 0.6 is 0 Å². The lowest BCUT2D eigenvalue weighted by atomic mass is 10.1. The van der Waals surface area contributed by atoms with Gasteiger partial charge in [-0.3, -0.25) is 14.9 Å². The molecular formula is C22H22N6O. The molecule has 0 N–H and O–H groups in total. The summed E-state index contributed by atoms with van der Waals surface area (Å²) in [6, 6.07) is 12.4. The summed E-state index contributed by atoms with van der Waals surface area (Å²) >= 11 is 0. The third kappa shape index (κ3) is 3.69. The number of aryl methyl sites for hydroxylation is 1. The molecule has 0 unspecified atom stereocenters. The molecule has 0 amide bonds. The Balaban J connectivity index is 1.25. The van der Waals surface area contributed by atoms with Crippen LogP contribution < -0.4 is 4.90 Å². The Morgan fingerprint density at radius 2 is 1.90 bits per heavy atom. The van der Waals surface area contributed by atoms with E-state index in [4.69, 9.17) is 4.52 Å². The minimum absolute atomic E-state index is 0.526. The van der Waals surface area contributed by atoms with Gasteiger partial charge < -0.3 is 9.42 Å². The number of aromatic nitrogens is 4. The van der Waals surface area contributed by atoms with Gasteiger partial charge in [-0.15, -0.1) is 0 Å². The number of benzene rings is 1. The van der Waals surface area contributed by atoms with Crippen LogP contribution in [0.15, 0.2) is 59.5 Å². The zero-order valence-electron chi connectivity index (χ0n) is 16.3. The highest BCUT2D eigenvalue weighted by Crippen LogP contribution is 2.26. The maximum Gasteiger partial charge on any atom is 0.259 e. The SMILES string of the molecule is Cc1cncc(-c2nc(CN3CCN(c4ccnc5ccccc45)CC3)no2)c1. The summed E-state index contributed by atoms with van der Waals surface area (Å²) in [6.45, 7) is 6.51. The molecule has 3 aromatic heterocycles. The quantitative estimate of drug-likeness (QED) is 0.533. The molecule has 0 atom stereocenters. The first-order chi connectivity index (χ1) is 14.3. The fourth-order valence-corrected chi connectivity index (χ4v) is 3.81. The topological polar surface area (TPSA) is 71.2 Å². The molecule has 0 aliphatic carbocycles. The Morgan fingerprint density at radius 3 is 2.76 bits per heavy atom. The number of rotatable bonds is 4. The van der Waals surface area contributed by atoms with E-state index in [1.165, 1.54) is 11.1 Å². The van der Waals surface area contributed by atoms with Gasteiger partial charge in [0.2, 0.25) is 0 Å². The van der Waals surface area contributed by atoms with Crippen molar-refractivity contribution in [1.29, 1.82) is 0 Å². The van der Waals surface area contributed by atoms with E-state index in [2.05, 4.69) is 54.2 Å². The van der Waals surface area contributed by atoms with Crippen molar-refractivity contribution < 1.29 is 4.52 Å². The molecule has 0 radical (unpaired) electrons. The number of para-hydroxylation sites is 1. The highest BCUT2D eigenvalue weighted by molar-refractivity contribution is 5.91. The minimum atomic E-state index is 0.526. The summed E-state index contributed by atoms with van der Waals surface area (Å²) in [4.78, 5) is 18.0. The monoisotopic (exact) mass is 386 g/mol. The molecule has 146 valence electrons. The zero-order valence-corrected chi connectivity index (χ0v) is 16.3. The van der Waals surface area contributed by atoms with Crippen LogP contribution in [0.3, 0.4) is 0 Å². The summed E-state index contributed by atoms with van der Waals surface area (Å²) < 4.78 is 5.44. The third-order valence-electron chi connectivity index (χ3n) is 5.29. The normalized spacial score (nSPS) is 15.1. The Labute approximate surface area is 169 Å². The van der Waals surface area contributed by atoms with Crippen LogP contribution in [0.1, 0.15) is 11.4 Å². The van der Waals surface area contributed by atoms with Crippen LogP contribution in [-0.2, 0) is 6.54 Å². The molecule has 0 bridgehead atoms. The summed E-state index contributed by atoms with van der Waals surface area (Å²) in [7, 11) is 0. The first kappa shape index (κ1) is 17.8. The fourth-order valence-electron chi connectivity index (χ4n) is 3.81. The summed E-state index contributed by atoms with van der Waals surface area (Å²) in [6.07, 6.45) is 5.46. The number of hydrogen-bond acceptors (Lipinski definition) is 7. The second kappa shape index (κ2) is 7.60. The van der Waals surface area contributed by atoms with Crippen molar-refractivity contribution in [3.63, 3.8) is 0 Å². The molecule has 4 heterocycles. The highest BCUT2D eigenvalue weighted by Gasteiger charge is 2.21. The maximum absolute atomic E-state index is 5.44. The second-order valence-electron chi connectivity index (χ2n) is 7.38. The summed E-state index contributed by atoms with van der Waals surface area (Å²) in [5.74, 6) is 1.24. The number of anilines is 1. The molecule has 1 aromatic carbocycles. The van der Waals surface area contributed by atoms with Gasteiger partial charge >= 0.3 is 0 Å². The van der Waals surface area contributed by atoms with E-state index < -0.39 is 0 Å². The number of nitrogens with zero attached hydrogens (tertiary/aromatic N) is 6. The van der Waals surface area contributed by atoms with Crippen molar-refractivity contribution in [3.05, 3.63) is 66.4 Å². The molecule has 4 aromatic rings. The van der Waals surface area contributed by atoms with Crippen molar-refractivity contribution in [2.75, 3.05) is 31.1 Å². The zero-order chi connectivity index (χ0) is 19.6. The van der Waals surface area contributed by atoms with Crippen molar-refractivity contribution in [2.24, 2.45) is 0 Å². The molecule has 7 nitrogen and oxygen atoms in total. The van der Waals surface area contributed by atoms with Crippen LogP contribution in [0.5, 0.6) is 0 Å². The second-order valence-corrected chi connectivity index (χ2v) is 7.38. The highest BCUT2D eigenvalue weighted by atomic mass is 16.5. The standard InChI is InChI=1S/C22H22N6O/c1-16-12-17(14-23-13-16)22-25-21(26-29-22)15-27-8-10-28(11-9-27)20-6-7-24-19-5-3-2-4-18(19)20/h2-7,12-14H,8-11,15H2,1H3. The van der Waals surface area contributed by atoms with Gasteiger partial charge in [0.1, 0.15) is 0 Å². The van der Waals surface area contributed by atoms with Crippen LogP contribution in [0, 0.1) is 6.92 Å². The molecule has 5 rings (SSSR count). The molecule has 1 saturated heterocycles. The van der Waals surface area contributed by atoms with E-state index in [1.807, 2.05) is 31.5 Å². The number of fused-ring (bicyclic) bond motifs is 1. The Bertz CT molecular complexity index is 1130. The molecule has 0 spiro atoms. The van der Waals surface area contributed by atoms with Gasteiger partial charge in [-0.2, -0.15) is 4.98 Å². The number of hydrogen-bond donors (Lipinski definition) is 0. The van der Waals surface area contributed by atoms with E-state index in [-0.39, 0.29) is 0 Å². The van der Waals surface area contributed by atoms with Crippen LogP contribution in [-0.4, -0.2) is 51.2 Å². The molecule has 29 heavy (non-hydrogen) atoms. The fraction of sp³-hybridized carbons (Fsp3) is 0.273. The van der Waals surface area contributed by atoms with E-state index in [9.17, 15) is 0 Å². The Hall–Kier alpha value is -3.32. The molecule has 0 saturated carbocycles. The van der Waals surface area contributed by atoms with Crippen molar-refractivity contribution >= 4 is 16.6 Å². The van der Waals surface area contributed by atoms with Crippen molar-refractivity contribution in [2.45, 2.75) is 13.5 Å². The molecule has 1 aliphatic heterocycles. The predicted octanol–water partition coefficient (Wildman–Crippen LogP) is 3.31. The van der Waals surface area contributed by atoms with Crippen molar-refractivity contribution in [1.82, 2.24) is 25.0 Å². The predicted molar refractivity (Wildman–Crippen MR) is 111 cm³/mol. The van der Waals surface area contributed by atoms with Crippen molar-refractivity contribution in [3.8, 4) is 11.5 Å². The van der Waals surface area contributed by atoms with E-state index in [1.54, 1.807) is 6.20 Å². The Morgan fingerprint density at radius 1 is 1.03 bits per heavy atom. The molecule has 7 heteroatoms. The van der Waals surface area contributed by atoms with Gasteiger partial charge in [-0.1, -0.05) is 23.4 Å². The number of piperazine rings is 1. The van der Waals surface area contributed by atoms with Crippen LogP contribution in [0.4, 0.5) is 5.69 Å². The average molecular weight is 386 g/mol. The Kier molecular flexibility index (Phi) is 4.65. The van der Waals surface area contributed by atoms with Gasteiger partial charge in [0.15, 0.2) is 5.82 Å². The largest absolute Gasteiger partial charge is 0.368 e. The lowest BCUT2D eigenvalue weighted by Crippen LogP contribution is -2.46. The smallest absolute Gasteiger partial charge is 0.259 e. The molecule has 1 aliphatic rings. The maximum atomic E-state index is 5.44. The minimum Gasteiger partial charge on any atom is -0.368 e. The lowest BCUT2D eigenvalue weighted by Gasteiger charge is -2.36. The van der Waals surface area contributed by atoms with E-state index in [0.29, 0.717) is 18.3 Å². The first-order valence-corrected chi connectivity index (χ1v) is 9.82. The van der Waals surface area contributed by atoms with Crippen LogP contribution in [0.25, 0.3) is 22.4 Å². The van der Waals surface area contributed by atoms with Gasteiger partial charge in [0.05, 0.1) is 17.6 Å². The molecule has 1 fully saturated rings.